The Morgan fingerprint density at radius 1 is 1.22 bits per heavy atom. The quantitative estimate of drug-likeness (QED) is 0.758. The lowest BCUT2D eigenvalue weighted by Crippen LogP contribution is -2.44. The van der Waals surface area contributed by atoms with Crippen LogP contribution in [0.5, 0.6) is 0 Å². The highest BCUT2D eigenvalue weighted by Gasteiger charge is 2.29. The minimum absolute atomic E-state index is 0.0811. The van der Waals surface area contributed by atoms with Crippen molar-refractivity contribution >= 4 is 28.3 Å². The molecule has 4 nitrogen and oxygen atoms in total. The molecule has 0 heterocycles. The molecule has 0 aliphatic carbocycles. The Morgan fingerprint density at radius 2 is 1.91 bits per heavy atom. The summed E-state index contributed by atoms with van der Waals surface area (Å²) in [6.07, 6.45) is 1.93. The van der Waals surface area contributed by atoms with Gasteiger partial charge in [-0.2, -0.15) is 0 Å². The van der Waals surface area contributed by atoms with Crippen molar-refractivity contribution in [1.29, 1.82) is 0 Å². The molecule has 2 aromatic carbocycles. The third kappa shape index (κ3) is 3.77. The average molecular weight is 311 g/mol. The van der Waals surface area contributed by atoms with Gasteiger partial charge < -0.3 is 5.11 Å². The lowest BCUT2D eigenvalue weighted by Gasteiger charge is -2.28. The van der Waals surface area contributed by atoms with Gasteiger partial charge in [0.15, 0.2) is 5.78 Å². The monoisotopic (exact) mass is 311 g/mol. The van der Waals surface area contributed by atoms with E-state index in [1.54, 1.807) is 19.1 Å². The number of rotatable bonds is 7. The van der Waals surface area contributed by atoms with Gasteiger partial charge in [0.25, 0.3) is 0 Å². The second-order valence-corrected chi connectivity index (χ2v) is 5.39. The lowest BCUT2D eigenvalue weighted by molar-refractivity contribution is -0.120. The van der Waals surface area contributed by atoms with Gasteiger partial charge in [-0.15, -0.1) is 6.58 Å². The van der Waals surface area contributed by atoms with Crippen LogP contribution in [-0.4, -0.2) is 23.0 Å². The molecule has 0 spiro atoms. The molecular weight excluding hydrogens is 290 g/mol. The molecule has 4 heteroatoms. The number of carbonyl (C=O) groups is 2. The number of carbonyl (C=O) groups excluding carboxylic acids is 1. The molecule has 0 aliphatic rings. The lowest BCUT2D eigenvalue weighted by atomic mass is 10.0. The number of fused-ring (bicyclic) bond motifs is 1. The molecule has 23 heavy (non-hydrogen) atoms. The summed E-state index contributed by atoms with van der Waals surface area (Å²) in [6.45, 7) is 5.41. The molecule has 0 fully saturated rings. The van der Waals surface area contributed by atoms with E-state index in [0.717, 1.165) is 10.8 Å². The van der Waals surface area contributed by atoms with Gasteiger partial charge in [-0.3, -0.25) is 9.69 Å². The van der Waals surface area contributed by atoms with Crippen molar-refractivity contribution in [3.63, 3.8) is 0 Å². The Labute approximate surface area is 136 Å². The van der Waals surface area contributed by atoms with E-state index in [0.29, 0.717) is 24.9 Å². The number of benzene rings is 2. The van der Waals surface area contributed by atoms with Crippen molar-refractivity contribution < 1.29 is 14.7 Å². The Morgan fingerprint density at radius 3 is 2.52 bits per heavy atom. The summed E-state index contributed by atoms with van der Waals surface area (Å²) in [5.74, 6) is -0.0811. The van der Waals surface area contributed by atoms with Crippen LogP contribution in [0.15, 0.2) is 55.1 Å². The fourth-order valence-corrected chi connectivity index (χ4v) is 2.70. The van der Waals surface area contributed by atoms with Gasteiger partial charge in [0, 0.05) is 12.1 Å². The number of carboxylic acid groups (broad SMARTS) is 1. The molecule has 0 aromatic heterocycles. The molecule has 120 valence electrons. The van der Waals surface area contributed by atoms with E-state index < -0.39 is 12.1 Å². The molecule has 0 aliphatic heterocycles. The number of allylic oxidation sites excluding steroid dienone is 1. The standard InChI is InChI=1S/C19H21NO3/c1-3-5-10-17(18(21)4-2)20(19(22)23)16-12-11-14-8-6-7-9-15(14)13-16/h3,6-9,11-13,17H,1,4-5,10H2,2H3,(H,22,23). The largest absolute Gasteiger partial charge is 0.465 e. The fraction of sp³-hybridized carbons (Fsp3) is 0.263. The van der Waals surface area contributed by atoms with Crippen LogP contribution in [-0.2, 0) is 4.79 Å². The minimum Gasteiger partial charge on any atom is -0.465 e. The van der Waals surface area contributed by atoms with Crippen LogP contribution < -0.4 is 4.90 Å². The maximum absolute atomic E-state index is 12.3. The molecule has 1 N–H and O–H groups in total. The van der Waals surface area contributed by atoms with Crippen molar-refractivity contribution in [3.8, 4) is 0 Å². The van der Waals surface area contributed by atoms with Crippen LogP contribution in [0.25, 0.3) is 10.8 Å². The van der Waals surface area contributed by atoms with E-state index in [1.807, 2.05) is 36.4 Å². The molecule has 0 radical (unpaired) electrons. The number of ketones is 1. The first kappa shape index (κ1) is 16.7. The van der Waals surface area contributed by atoms with E-state index in [-0.39, 0.29) is 5.78 Å². The molecule has 0 bridgehead atoms. The fourth-order valence-electron chi connectivity index (χ4n) is 2.70. The predicted molar refractivity (Wildman–Crippen MR) is 93.0 cm³/mol. The topological polar surface area (TPSA) is 57.6 Å². The van der Waals surface area contributed by atoms with Crippen LogP contribution >= 0.6 is 0 Å². The normalized spacial score (nSPS) is 11.9. The third-order valence-electron chi connectivity index (χ3n) is 3.89. The highest BCUT2D eigenvalue weighted by molar-refractivity contribution is 5.99. The first-order chi connectivity index (χ1) is 11.1. The second-order valence-electron chi connectivity index (χ2n) is 5.39. The van der Waals surface area contributed by atoms with Gasteiger partial charge in [-0.1, -0.05) is 43.3 Å². The zero-order chi connectivity index (χ0) is 16.8. The molecule has 1 unspecified atom stereocenters. The van der Waals surface area contributed by atoms with Crippen LogP contribution in [0.1, 0.15) is 26.2 Å². The zero-order valence-electron chi connectivity index (χ0n) is 13.2. The molecule has 0 saturated carbocycles. The van der Waals surface area contributed by atoms with Gasteiger partial charge >= 0.3 is 6.09 Å². The Balaban J connectivity index is 2.46. The highest BCUT2D eigenvalue weighted by atomic mass is 16.4. The van der Waals surface area contributed by atoms with Crippen molar-refractivity contribution in [3.05, 3.63) is 55.1 Å². The molecular formula is C19H21NO3. The van der Waals surface area contributed by atoms with Gasteiger partial charge in [0.05, 0.1) is 6.04 Å². The number of nitrogens with zero attached hydrogens (tertiary/aromatic N) is 1. The van der Waals surface area contributed by atoms with Crippen LogP contribution in [0.2, 0.25) is 0 Å². The summed E-state index contributed by atoms with van der Waals surface area (Å²) in [7, 11) is 0. The zero-order valence-corrected chi connectivity index (χ0v) is 13.2. The van der Waals surface area contributed by atoms with E-state index in [4.69, 9.17) is 0 Å². The first-order valence-electron chi connectivity index (χ1n) is 7.73. The molecule has 2 rings (SSSR count). The summed E-state index contributed by atoms with van der Waals surface area (Å²) in [6, 6.07) is 12.5. The number of anilines is 1. The van der Waals surface area contributed by atoms with E-state index in [9.17, 15) is 14.7 Å². The second kappa shape index (κ2) is 7.58. The number of amides is 1. The van der Waals surface area contributed by atoms with Gasteiger partial charge in [-0.05, 0) is 35.7 Å². The predicted octanol–water partition coefficient (Wildman–Crippen LogP) is 4.64. The van der Waals surface area contributed by atoms with Crippen molar-refractivity contribution in [2.24, 2.45) is 0 Å². The highest BCUT2D eigenvalue weighted by Crippen LogP contribution is 2.26. The molecule has 0 saturated heterocycles. The summed E-state index contributed by atoms with van der Waals surface area (Å²) in [5, 5.41) is 11.6. The average Bonchev–Trinajstić information content (AvgIpc) is 2.57. The third-order valence-corrected chi connectivity index (χ3v) is 3.89. The van der Waals surface area contributed by atoms with Crippen molar-refractivity contribution in [2.75, 3.05) is 4.90 Å². The van der Waals surface area contributed by atoms with Gasteiger partial charge in [0.1, 0.15) is 0 Å². The molecule has 2 aromatic rings. The van der Waals surface area contributed by atoms with E-state index in [1.165, 1.54) is 4.90 Å². The summed E-state index contributed by atoms with van der Waals surface area (Å²) in [4.78, 5) is 25.3. The van der Waals surface area contributed by atoms with Gasteiger partial charge in [-0.25, -0.2) is 4.79 Å². The number of hydrogen-bond donors (Lipinski definition) is 1. The van der Waals surface area contributed by atoms with E-state index >= 15 is 0 Å². The van der Waals surface area contributed by atoms with Crippen LogP contribution in [0.4, 0.5) is 10.5 Å². The smallest absolute Gasteiger partial charge is 0.412 e. The maximum Gasteiger partial charge on any atom is 0.412 e. The summed E-state index contributed by atoms with van der Waals surface area (Å²) >= 11 is 0. The number of Topliss-reactive ketones (excluding diaryl/α,β-unsaturated/α-hetero) is 1. The summed E-state index contributed by atoms with van der Waals surface area (Å²) in [5.41, 5.74) is 0.520. The maximum atomic E-state index is 12.3. The van der Waals surface area contributed by atoms with Gasteiger partial charge in [0.2, 0.25) is 0 Å². The molecule has 1 amide bonds. The van der Waals surface area contributed by atoms with Crippen LogP contribution in [0, 0.1) is 0 Å². The molecule has 1 atom stereocenters. The van der Waals surface area contributed by atoms with Crippen molar-refractivity contribution in [1.82, 2.24) is 0 Å². The van der Waals surface area contributed by atoms with E-state index in [2.05, 4.69) is 6.58 Å². The summed E-state index contributed by atoms with van der Waals surface area (Å²) < 4.78 is 0. The first-order valence-corrected chi connectivity index (χ1v) is 7.73. The van der Waals surface area contributed by atoms with Crippen molar-refractivity contribution in [2.45, 2.75) is 32.2 Å². The minimum atomic E-state index is -1.11. The Hall–Kier alpha value is -2.62. The SMILES string of the molecule is C=CCCC(C(=O)CC)N(C(=O)O)c1ccc2ccccc2c1. The van der Waals surface area contributed by atoms with Crippen LogP contribution in [0.3, 0.4) is 0 Å². The number of hydrogen-bond acceptors (Lipinski definition) is 2. The Bertz CT molecular complexity index is 723. The Kier molecular flexibility index (Phi) is 5.52.